The summed E-state index contributed by atoms with van der Waals surface area (Å²) in [6.07, 6.45) is 3.38. The molecule has 0 amide bonds. The van der Waals surface area contributed by atoms with Gasteiger partial charge in [0.05, 0.1) is 0 Å². The fourth-order valence-corrected chi connectivity index (χ4v) is 1.22. The van der Waals surface area contributed by atoms with E-state index in [-0.39, 0.29) is 5.82 Å². The first kappa shape index (κ1) is 9.42. The van der Waals surface area contributed by atoms with E-state index in [1.54, 1.807) is 24.3 Å². The van der Waals surface area contributed by atoms with Crippen molar-refractivity contribution in [1.29, 1.82) is 0 Å². The van der Waals surface area contributed by atoms with Crippen LogP contribution in [0.1, 0.15) is 5.56 Å². The molecule has 0 aliphatic rings. The highest BCUT2D eigenvalue weighted by Crippen LogP contribution is 2.16. The summed E-state index contributed by atoms with van der Waals surface area (Å²) in [5, 5.41) is 0. The van der Waals surface area contributed by atoms with Crippen LogP contribution in [0.15, 0.2) is 28.7 Å². The maximum atomic E-state index is 13.0. The van der Waals surface area contributed by atoms with Crippen LogP contribution in [0, 0.1) is 5.82 Å². The molecule has 0 radical (unpaired) electrons. The van der Waals surface area contributed by atoms with E-state index in [1.807, 2.05) is 0 Å². The molecule has 0 aliphatic heterocycles. The number of nitrogens with two attached hydrogens (primary N) is 1. The van der Waals surface area contributed by atoms with E-state index in [9.17, 15) is 4.39 Å². The summed E-state index contributed by atoms with van der Waals surface area (Å²) in [6, 6.07) is 4.79. The Bertz CT molecular complexity index is 297. The molecule has 0 aromatic heterocycles. The summed E-state index contributed by atoms with van der Waals surface area (Å²) >= 11 is 3.26. The van der Waals surface area contributed by atoms with Crippen LogP contribution in [0.25, 0.3) is 6.08 Å². The van der Waals surface area contributed by atoms with Crippen molar-refractivity contribution < 1.29 is 4.39 Å². The molecule has 1 rings (SSSR count). The standard InChI is InChI=1S/C9H9BrFN/c10-8-3-4-9(11)7(6-8)2-1-5-12/h1-4,6H,5,12H2. The Labute approximate surface area is 79.2 Å². The number of benzene rings is 1. The lowest BCUT2D eigenvalue weighted by molar-refractivity contribution is 0.624. The molecule has 0 saturated carbocycles. The Morgan fingerprint density at radius 3 is 2.92 bits per heavy atom. The molecule has 1 aromatic carbocycles. The van der Waals surface area contributed by atoms with E-state index in [4.69, 9.17) is 5.73 Å². The lowest BCUT2D eigenvalue weighted by Crippen LogP contribution is -1.92. The Morgan fingerprint density at radius 1 is 1.50 bits per heavy atom. The van der Waals surface area contributed by atoms with Gasteiger partial charge >= 0.3 is 0 Å². The van der Waals surface area contributed by atoms with Crippen LogP contribution < -0.4 is 5.73 Å². The molecule has 0 heterocycles. The van der Waals surface area contributed by atoms with Gasteiger partial charge in [-0.25, -0.2) is 4.39 Å². The van der Waals surface area contributed by atoms with Crippen LogP contribution >= 0.6 is 15.9 Å². The van der Waals surface area contributed by atoms with Crippen molar-refractivity contribution in [2.45, 2.75) is 0 Å². The smallest absolute Gasteiger partial charge is 0.130 e. The van der Waals surface area contributed by atoms with E-state index < -0.39 is 0 Å². The van der Waals surface area contributed by atoms with E-state index in [0.717, 1.165) is 4.47 Å². The zero-order valence-corrected chi connectivity index (χ0v) is 8.01. The highest BCUT2D eigenvalue weighted by atomic mass is 79.9. The topological polar surface area (TPSA) is 26.0 Å². The third kappa shape index (κ3) is 2.43. The zero-order valence-electron chi connectivity index (χ0n) is 6.43. The Hall–Kier alpha value is -0.670. The van der Waals surface area contributed by atoms with Gasteiger partial charge in [-0.05, 0) is 18.2 Å². The molecule has 0 spiro atoms. The molecular formula is C9H9BrFN. The monoisotopic (exact) mass is 229 g/mol. The third-order valence-corrected chi connectivity index (χ3v) is 1.88. The van der Waals surface area contributed by atoms with Gasteiger partial charge in [-0.2, -0.15) is 0 Å². The molecule has 1 nitrogen and oxygen atoms in total. The third-order valence-electron chi connectivity index (χ3n) is 1.39. The second-order valence-corrected chi connectivity index (χ2v) is 3.22. The van der Waals surface area contributed by atoms with Crippen molar-refractivity contribution in [3.8, 4) is 0 Å². The lowest BCUT2D eigenvalue weighted by atomic mass is 10.2. The van der Waals surface area contributed by atoms with Crippen molar-refractivity contribution in [2.75, 3.05) is 6.54 Å². The van der Waals surface area contributed by atoms with Crippen LogP contribution in [0.2, 0.25) is 0 Å². The van der Waals surface area contributed by atoms with E-state index in [0.29, 0.717) is 12.1 Å². The fourth-order valence-electron chi connectivity index (χ4n) is 0.837. The van der Waals surface area contributed by atoms with Crippen molar-refractivity contribution in [3.05, 3.63) is 40.1 Å². The van der Waals surface area contributed by atoms with Crippen LogP contribution in [0.3, 0.4) is 0 Å². The highest BCUT2D eigenvalue weighted by Gasteiger charge is 1.97. The number of hydrogen-bond donors (Lipinski definition) is 1. The van der Waals surface area contributed by atoms with Gasteiger partial charge in [0.25, 0.3) is 0 Å². The number of hydrogen-bond acceptors (Lipinski definition) is 1. The molecule has 3 heteroatoms. The second-order valence-electron chi connectivity index (χ2n) is 2.30. The molecule has 0 atom stereocenters. The van der Waals surface area contributed by atoms with E-state index in [1.165, 1.54) is 6.07 Å². The predicted octanol–water partition coefficient (Wildman–Crippen LogP) is 2.56. The van der Waals surface area contributed by atoms with E-state index >= 15 is 0 Å². The van der Waals surface area contributed by atoms with Gasteiger partial charge in [0, 0.05) is 16.6 Å². The summed E-state index contributed by atoms with van der Waals surface area (Å²) in [4.78, 5) is 0. The summed E-state index contributed by atoms with van der Waals surface area (Å²) in [6.45, 7) is 0.423. The maximum absolute atomic E-state index is 13.0. The van der Waals surface area contributed by atoms with Gasteiger partial charge in [0.1, 0.15) is 5.82 Å². The van der Waals surface area contributed by atoms with Gasteiger partial charge in [0.15, 0.2) is 0 Å². The summed E-state index contributed by atoms with van der Waals surface area (Å²) in [5.74, 6) is -0.233. The van der Waals surface area contributed by atoms with Crippen LogP contribution in [0.4, 0.5) is 4.39 Å². The molecule has 0 aliphatic carbocycles. The molecule has 2 N–H and O–H groups in total. The predicted molar refractivity (Wildman–Crippen MR) is 52.2 cm³/mol. The van der Waals surface area contributed by atoms with Gasteiger partial charge < -0.3 is 5.73 Å². The van der Waals surface area contributed by atoms with Crippen molar-refractivity contribution in [1.82, 2.24) is 0 Å². The maximum Gasteiger partial charge on any atom is 0.130 e. The molecule has 0 unspecified atom stereocenters. The quantitative estimate of drug-likeness (QED) is 0.830. The second kappa shape index (κ2) is 4.38. The average Bonchev–Trinajstić information content (AvgIpc) is 2.07. The zero-order chi connectivity index (χ0) is 8.97. The minimum Gasteiger partial charge on any atom is -0.327 e. The molecule has 64 valence electrons. The summed E-state index contributed by atoms with van der Waals surface area (Å²) in [7, 11) is 0. The highest BCUT2D eigenvalue weighted by molar-refractivity contribution is 9.10. The van der Waals surface area contributed by atoms with E-state index in [2.05, 4.69) is 15.9 Å². The van der Waals surface area contributed by atoms with Crippen molar-refractivity contribution >= 4 is 22.0 Å². The lowest BCUT2D eigenvalue weighted by Gasteiger charge is -1.96. The molecular weight excluding hydrogens is 221 g/mol. The summed E-state index contributed by atoms with van der Waals surface area (Å²) in [5.41, 5.74) is 5.79. The first-order valence-corrected chi connectivity index (χ1v) is 4.35. The average molecular weight is 230 g/mol. The molecule has 0 fully saturated rings. The number of halogens is 2. The first-order valence-electron chi connectivity index (χ1n) is 3.55. The molecule has 1 aromatic rings. The Kier molecular flexibility index (Phi) is 3.44. The van der Waals surface area contributed by atoms with Crippen LogP contribution in [-0.4, -0.2) is 6.54 Å². The van der Waals surface area contributed by atoms with Crippen molar-refractivity contribution in [2.24, 2.45) is 5.73 Å². The van der Waals surface area contributed by atoms with Gasteiger partial charge in [-0.3, -0.25) is 0 Å². The van der Waals surface area contributed by atoms with Crippen LogP contribution in [0.5, 0.6) is 0 Å². The molecule has 0 saturated heterocycles. The fraction of sp³-hybridized carbons (Fsp3) is 0.111. The Balaban J connectivity index is 2.97. The largest absolute Gasteiger partial charge is 0.327 e. The molecule has 12 heavy (non-hydrogen) atoms. The molecule has 0 bridgehead atoms. The minimum atomic E-state index is -0.233. The first-order chi connectivity index (χ1) is 5.74. The van der Waals surface area contributed by atoms with Gasteiger partial charge in [-0.15, -0.1) is 0 Å². The SMILES string of the molecule is NCC=Cc1cc(Br)ccc1F. The minimum absolute atomic E-state index is 0.233. The van der Waals surface area contributed by atoms with Gasteiger partial charge in [-0.1, -0.05) is 28.1 Å². The summed E-state index contributed by atoms with van der Waals surface area (Å²) < 4.78 is 13.8. The van der Waals surface area contributed by atoms with Crippen molar-refractivity contribution in [3.63, 3.8) is 0 Å². The van der Waals surface area contributed by atoms with Crippen LogP contribution in [-0.2, 0) is 0 Å². The van der Waals surface area contributed by atoms with Gasteiger partial charge in [0.2, 0.25) is 0 Å². The number of rotatable bonds is 2. The Morgan fingerprint density at radius 2 is 2.25 bits per heavy atom. The normalized spacial score (nSPS) is 10.9.